The van der Waals surface area contributed by atoms with Gasteiger partial charge in [0.2, 0.25) is 5.76 Å². The summed E-state index contributed by atoms with van der Waals surface area (Å²) in [5, 5.41) is 0.735. The zero-order valence-corrected chi connectivity index (χ0v) is 23.7. The van der Waals surface area contributed by atoms with Crippen LogP contribution in [0.1, 0.15) is 51.3 Å². The summed E-state index contributed by atoms with van der Waals surface area (Å²) in [5.41, 5.74) is 4.80. The number of ether oxygens (including phenoxy) is 2. The molecule has 5 aromatic rings. The van der Waals surface area contributed by atoms with E-state index in [0.717, 1.165) is 16.7 Å². The number of amides is 1. The summed E-state index contributed by atoms with van der Waals surface area (Å²) in [6, 6.07) is 25.3. The standard InChI is InChI=1S/C34H28ClNO5/c1-4-39-29-17-23(11-14-28(29)40-19-22-8-6-5-7-9-22)31-30-32(37)26-18-24(35)12-15-27(26)41-33(30)34(38)36(31)25-13-10-20(2)21(3)16-25/h5-18,31H,4,19H2,1-3H3. The molecule has 0 N–H and O–H groups in total. The second-order valence-electron chi connectivity index (χ2n) is 10.1. The van der Waals surface area contributed by atoms with E-state index in [4.69, 9.17) is 25.5 Å². The van der Waals surface area contributed by atoms with Crippen molar-refractivity contribution in [2.75, 3.05) is 11.5 Å². The number of fused-ring (bicyclic) bond motifs is 2. The number of carbonyl (C=O) groups excluding carboxylic acids is 1. The summed E-state index contributed by atoms with van der Waals surface area (Å²) >= 11 is 6.24. The van der Waals surface area contributed by atoms with E-state index in [-0.39, 0.29) is 22.7 Å². The fourth-order valence-corrected chi connectivity index (χ4v) is 5.39. The number of anilines is 1. The predicted octanol–water partition coefficient (Wildman–Crippen LogP) is 7.79. The molecule has 1 atom stereocenters. The third kappa shape index (κ3) is 4.85. The lowest BCUT2D eigenvalue weighted by molar-refractivity contribution is 0.0971. The molecule has 4 aromatic carbocycles. The summed E-state index contributed by atoms with van der Waals surface area (Å²) in [5.74, 6) is 0.731. The van der Waals surface area contributed by atoms with Gasteiger partial charge in [0, 0.05) is 10.7 Å². The van der Waals surface area contributed by atoms with Crippen LogP contribution >= 0.6 is 11.6 Å². The average Bonchev–Trinajstić information content (AvgIpc) is 3.27. The monoisotopic (exact) mass is 565 g/mol. The molecule has 0 radical (unpaired) electrons. The van der Waals surface area contributed by atoms with E-state index in [2.05, 4.69) is 0 Å². The molecule has 6 rings (SSSR count). The van der Waals surface area contributed by atoms with Gasteiger partial charge in [-0.15, -0.1) is 0 Å². The second-order valence-corrected chi connectivity index (χ2v) is 10.5. The van der Waals surface area contributed by atoms with Crippen LogP contribution in [0.2, 0.25) is 5.02 Å². The minimum absolute atomic E-state index is 0.0235. The Labute approximate surface area is 242 Å². The van der Waals surface area contributed by atoms with Gasteiger partial charge in [0.25, 0.3) is 5.91 Å². The smallest absolute Gasteiger partial charge is 0.295 e. The van der Waals surface area contributed by atoms with Crippen molar-refractivity contribution in [1.82, 2.24) is 0 Å². The summed E-state index contributed by atoms with van der Waals surface area (Å²) in [6.45, 7) is 6.69. The number of benzene rings is 4. The predicted molar refractivity (Wildman–Crippen MR) is 160 cm³/mol. The maximum atomic E-state index is 14.0. The molecule has 41 heavy (non-hydrogen) atoms. The lowest BCUT2D eigenvalue weighted by Gasteiger charge is -2.26. The molecule has 2 heterocycles. The molecule has 0 spiro atoms. The van der Waals surface area contributed by atoms with E-state index in [1.54, 1.807) is 23.1 Å². The molecular weight excluding hydrogens is 538 g/mol. The van der Waals surface area contributed by atoms with Gasteiger partial charge in [0.05, 0.1) is 23.6 Å². The highest BCUT2D eigenvalue weighted by molar-refractivity contribution is 6.31. The lowest BCUT2D eigenvalue weighted by atomic mass is 9.97. The zero-order chi connectivity index (χ0) is 28.7. The molecular formula is C34H28ClNO5. The second kappa shape index (κ2) is 10.8. The first-order chi connectivity index (χ1) is 19.9. The van der Waals surface area contributed by atoms with Gasteiger partial charge in [0.1, 0.15) is 12.2 Å². The van der Waals surface area contributed by atoms with Gasteiger partial charge >= 0.3 is 0 Å². The minimum Gasteiger partial charge on any atom is -0.490 e. The van der Waals surface area contributed by atoms with Crippen molar-refractivity contribution < 1.29 is 18.7 Å². The first-order valence-electron chi connectivity index (χ1n) is 13.5. The van der Waals surface area contributed by atoms with Crippen molar-refractivity contribution >= 4 is 34.2 Å². The van der Waals surface area contributed by atoms with Crippen molar-refractivity contribution in [2.45, 2.75) is 33.4 Å². The largest absolute Gasteiger partial charge is 0.490 e. The van der Waals surface area contributed by atoms with E-state index in [1.165, 1.54) is 0 Å². The average molecular weight is 566 g/mol. The molecule has 0 fully saturated rings. The van der Waals surface area contributed by atoms with Crippen molar-refractivity contribution in [3.8, 4) is 11.5 Å². The number of halogens is 1. The fraction of sp³-hybridized carbons (Fsp3) is 0.176. The van der Waals surface area contributed by atoms with Crippen molar-refractivity contribution in [3.63, 3.8) is 0 Å². The van der Waals surface area contributed by atoms with E-state index in [9.17, 15) is 9.59 Å². The number of hydrogen-bond donors (Lipinski definition) is 0. The van der Waals surface area contributed by atoms with Gasteiger partial charge in [-0.1, -0.05) is 54.1 Å². The summed E-state index contributed by atoms with van der Waals surface area (Å²) in [4.78, 5) is 29.6. The topological polar surface area (TPSA) is 69.0 Å². The molecule has 206 valence electrons. The maximum Gasteiger partial charge on any atom is 0.295 e. The Kier molecular flexibility index (Phi) is 7.01. The van der Waals surface area contributed by atoms with Crippen LogP contribution in [-0.4, -0.2) is 12.5 Å². The Morgan fingerprint density at radius 1 is 0.854 bits per heavy atom. The van der Waals surface area contributed by atoms with Crippen LogP contribution in [0, 0.1) is 13.8 Å². The number of rotatable bonds is 7. The Morgan fingerprint density at radius 2 is 1.66 bits per heavy atom. The third-order valence-corrected chi connectivity index (χ3v) is 7.66. The van der Waals surface area contributed by atoms with E-state index >= 15 is 0 Å². The highest BCUT2D eigenvalue weighted by atomic mass is 35.5. The molecule has 0 aliphatic carbocycles. The van der Waals surface area contributed by atoms with Crippen molar-refractivity contribution in [3.05, 3.63) is 134 Å². The molecule has 6 nitrogen and oxygen atoms in total. The summed E-state index contributed by atoms with van der Waals surface area (Å²) < 4.78 is 18.2. The fourth-order valence-electron chi connectivity index (χ4n) is 5.22. The number of nitrogens with zero attached hydrogens (tertiary/aromatic N) is 1. The van der Waals surface area contributed by atoms with Crippen LogP contribution < -0.4 is 19.8 Å². The van der Waals surface area contributed by atoms with Crippen LogP contribution in [0.15, 0.2) is 94.1 Å². The van der Waals surface area contributed by atoms with Crippen LogP contribution in [0.4, 0.5) is 5.69 Å². The highest BCUT2D eigenvalue weighted by Gasteiger charge is 2.44. The Hall–Kier alpha value is -4.55. The van der Waals surface area contributed by atoms with E-state index < -0.39 is 6.04 Å². The Morgan fingerprint density at radius 3 is 2.41 bits per heavy atom. The quantitative estimate of drug-likeness (QED) is 0.201. The van der Waals surface area contributed by atoms with Crippen molar-refractivity contribution in [1.29, 1.82) is 0 Å². The van der Waals surface area contributed by atoms with Gasteiger partial charge in [-0.25, -0.2) is 0 Å². The normalized spacial score (nSPS) is 14.4. The minimum atomic E-state index is -0.749. The number of carbonyl (C=O) groups is 1. The number of hydrogen-bond acceptors (Lipinski definition) is 5. The third-order valence-electron chi connectivity index (χ3n) is 7.42. The SMILES string of the molecule is CCOc1cc(C2c3c(oc4ccc(Cl)cc4c3=O)C(=O)N2c2ccc(C)c(C)c2)ccc1OCc1ccccc1. The van der Waals surface area contributed by atoms with Crippen LogP contribution in [-0.2, 0) is 6.61 Å². The van der Waals surface area contributed by atoms with Gasteiger partial charge in [-0.05, 0) is 85.5 Å². The van der Waals surface area contributed by atoms with Gasteiger partial charge in [-0.3, -0.25) is 14.5 Å². The van der Waals surface area contributed by atoms with Crippen LogP contribution in [0.5, 0.6) is 11.5 Å². The Bertz CT molecular complexity index is 1850. The summed E-state index contributed by atoms with van der Waals surface area (Å²) in [6.07, 6.45) is 0. The number of aryl methyl sites for hydroxylation is 2. The first kappa shape index (κ1) is 26.7. The molecule has 1 unspecified atom stereocenters. The molecule has 1 aliphatic rings. The highest BCUT2D eigenvalue weighted by Crippen LogP contribution is 2.44. The summed E-state index contributed by atoms with van der Waals surface area (Å²) in [7, 11) is 0. The van der Waals surface area contributed by atoms with E-state index in [0.29, 0.717) is 52.0 Å². The first-order valence-corrected chi connectivity index (χ1v) is 13.8. The van der Waals surface area contributed by atoms with Crippen LogP contribution in [0.25, 0.3) is 11.0 Å². The van der Waals surface area contributed by atoms with E-state index in [1.807, 2.05) is 87.5 Å². The Balaban J connectivity index is 1.51. The molecule has 0 saturated heterocycles. The van der Waals surface area contributed by atoms with Crippen LogP contribution in [0.3, 0.4) is 0 Å². The van der Waals surface area contributed by atoms with Gasteiger partial charge in [0.15, 0.2) is 16.9 Å². The zero-order valence-electron chi connectivity index (χ0n) is 22.9. The molecule has 1 amide bonds. The maximum absolute atomic E-state index is 14.0. The van der Waals surface area contributed by atoms with Crippen molar-refractivity contribution in [2.24, 2.45) is 0 Å². The molecule has 0 saturated carbocycles. The van der Waals surface area contributed by atoms with Gasteiger partial charge in [-0.2, -0.15) is 0 Å². The molecule has 1 aromatic heterocycles. The lowest BCUT2D eigenvalue weighted by Crippen LogP contribution is -2.29. The van der Waals surface area contributed by atoms with Gasteiger partial charge < -0.3 is 13.9 Å². The molecule has 0 bridgehead atoms. The molecule has 7 heteroatoms. The molecule has 1 aliphatic heterocycles.